The van der Waals surface area contributed by atoms with Crippen LogP contribution in [0, 0.1) is 0 Å². The first-order valence-corrected chi connectivity index (χ1v) is 13.3. The minimum Gasteiger partial charge on any atom is -0.469 e. The summed E-state index contributed by atoms with van der Waals surface area (Å²) in [6.07, 6.45) is -1.80. The summed E-state index contributed by atoms with van der Waals surface area (Å²) in [5.41, 5.74) is 1.41. The Morgan fingerprint density at radius 2 is 1.50 bits per heavy atom. The van der Waals surface area contributed by atoms with Crippen molar-refractivity contribution >= 4 is 29.7 Å². The Kier molecular flexibility index (Phi) is 12.0. The third kappa shape index (κ3) is 9.39. The van der Waals surface area contributed by atoms with Crippen molar-refractivity contribution in [1.29, 1.82) is 0 Å². The lowest BCUT2D eigenvalue weighted by molar-refractivity contribution is -0.166. The Morgan fingerprint density at radius 1 is 0.857 bits per heavy atom. The van der Waals surface area contributed by atoms with Gasteiger partial charge in [0.2, 0.25) is 18.6 Å². The molecule has 1 aliphatic heterocycles. The van der Waals surface area contributed by atoms with Crippen LogP contribution in [0.2, 0.25) is 0 Å². The van der Waals surface area contributed by atoms with Crippen molar-refractivity contribution in [2.24, 2.45) is 0 Å². The summed E-state index contributed by atoms with van der Waals surface area (Å²) in [6.45, 7) is 3.61. The van der Waals surface area contributed by atoms with Gasteiger partial charge in [0.25, 0.3) is 6.10 Å². The highest BCUT2D eigenvalue weighted by Gasteiger charge is 2.32. The van der Waals surface area contributed by atoms with Crippen LogP contribution < -0.4 is 24.8 Å². The van der Waals surface area contributed by atoms with Crippen LogP contribution >= 0.6 is 0 Å². The molecule has 2 aromatic rings. The molecule has 1 aliphatic rings. The van der Waals surface area contributed by atoms with Gasteiger partial charge in [0, 0.05) is 19.4 Å². The first kappa shape index (κ1) is 31.7. The van der Waals surface area contributed by atoms with Crippen molar-refractivity contribution in [3.63, 3.8) is 0 Å². The van der Waals surface area contributed by atoms with E-state index in [-0.39, 0.29) is 51.6 Å². The number of nitrogens with one attached hydrogen (secondary N) is 2. The molecule has 13 heteroatoms. The van der Waals surface area contributed by atoms with E-state index in [1.54, 1.807) is 44.2 Å². The molecule has 42 heavy (non-hydrogen) atoms. The number of carbonyl (C=O) groups excluding carboxylic acids is 5. The number of carbonyl (C=O) groups is 5. The number of hydrogen-bond donors (Lipinski definition) is 2. The first-order chi connectivity index (χ1) is 20.2. The molecule has 0 aliphatic carbocycles. The molecule has 226 valence electrons. The molecule has 2 amide bonds. The minimum atomic E-state index is -1.60. The molecule has 3 rings (SSSR count). The molecule has 0 unspecified atom stereocenters. The molecule has 0 fully saturated rings. The van der Waals surface area contributed by atoms with Crippen LogP contribution in [0.1, 0.15) is 37.8 Å². The van der Waals surface area contributed by atoms with E-state index in [0.717, 1.165) is 5.56 Å². The van der Waals surface area contributed by atoms with Crippen LogP contribution in [0.4, 0.5) is 0 Å². The average molecular weight is 587 g/mol. The minimum absolute atomic E-state index is 0.0561. The summed E-state index contributed by atoms with van der Waals surface area (Å²) in [7, 11) is 1.22. The zero-order chi connectivity index (χ0) is 30.5. The number of amides is 2. The predicted octanol–water partition coefficient (Wildman–Crippen LogP) is 1.59. The van der Waals surface area contributed by atoms with Gasteiger partial charge in [-0.3, -0.25) is 14.4 Å². The van der Waals surface area contributed by atoms with Gasteiger partial charge in [-0.15, -0.1) is 0 Å². The summed E-state index contributed by atoms with van der Waals surface area (Å²) < 4.78 is 30.6. The van der Waals surface area contributed by atoms with Gasteiger partial charge in [0.05, 0.1) is 26.7 Å². The zero-order valence-corrected chi connectivity index (χ0v) is 23.6. The number of ether oxygens (including phenoxy) is 6. The summed E-state index contributed by atoms with van der Waals surface area (Å²) >= 11 is 0. The molecule has 2 aromatic carbocycles. The Hall–Kier alpha value is -4.81. The monoisotopic (exact) mass is 586 g/mol. The molecule has 0 radical (unpaired) electrons. The molecule has 1 heterocycles. The second-order valence-corrected chi connectivity index (χ2v) is 8.95. The SMILES string of the molecule is CCOC(=O)C(Oc1ccc(C[C@H](NC(=O)CCC(=O)OC)C(=O)NCc2ccc3c(c2)OCO3)cc1)C(=O)OCC. The van der Waals surface area contributed by atoms with Gasteiger partial charge in [-0.1, -0.05) is 18.2 Å². The van der Waals surface area contributed by atoms with Crippen LogP contribution in [-0.2, 0) is 51.1 Å². The van der Waals surface area contributed by atoms with Crippen molar-refractivity contribution in [2.45, 2.75) is 51.8 Å². The van der Waals surface area contributed by atoms with Gasteiger partial charge < -0.3 is 39.1 Å². The molecule has 0 saturated heterocycles. The Bertz CT molecular complexity index is 1240. The fraction of sp³-hybridized carbons (Fsp3) is 0.414. The van der Waals surface area contributed by atoms with Crippen molar-refractivity contribution in [3.05, 3.63) is 53.6 Å². The summed E-state index contributed by atoms with van der Waals surface area (Å²) in [5, 5.41) is 5.48. The van der Waals surface area contributed by atoms with E-state index < -0.39 is 41.9 Å². The maximum atomic E-state index is 13.2. The van der Waals surface area contributed by atoms with Crippen molar-refractivity contribution in [1.82, 2.24) is 10.6 Å². The van der Waals surface area contributed by atoms with Gasteiger partial charge in [-0.25, -0.2) is 9.59 Å². The van der Waals surface area contributed by atoms with E-state index in [9.17, 15) is 24.0 Å². The Morgan fingerprint density at radius 3 is 2.14 bits per heavy atom. The molecule has 2 N–H and O–H groups in total. The Labute approximate surface area is 242 Å². The second-order valence-electron chi connectivity index (χ2n) is 8.95. The molecule has 0 bridgehead atoms. The summed E-state index contributed by atoms with van der Waals surface area (Å²) in [5.74, 6) is -1.89. The van der Waals surface area contributed by atoms with Gasteiger partial charge in [0.15, 0.2) is 11.5 Å². The molecule has 0 saturated carbocycles. The standard InChI is InChI=1S/C29H34N2O11/c1-4-38-28(35)26(29(36)39-5-2)42-20-9-6-18(7-10-20)14-21(31-24(32)12-13-25(33)37-3)27(34)30-16-19-8-11-22-23(15-19)41-17-40-22/h6-11,15,21,26H,4-5,12-14,16-17H2,1-3H3,(H,30,34)(H,31,32)/t21-/m0/s1. The highest BCUT2D eigenvalue weighted by molar-refractivity contribution is 5.98. The van der Waals surface area contributed by atoms with Crippen molar-refractivity contribution in [3.8, 4) is 17.2 Å². The number of hydrogen-bond acceptors (Lipinski definition) is 11. The van der Waals surface area contributed by atoms with Gasteiger partial charge in [-0.05, 0) is 49.2 Å². The maximum absolute atomic E-state index is 13.2. The highest BCUT2D eigenvalue weighted by Crippen LogP contribution is 2.32. The smallest absolute Gasteiger partial charge is 0.359 e. The number of esters is 3. The van der Waals surface area contributed by atoms with E-state index in [1.807, 2.05) is 0 Å². The molecule has 1 atom stereocenters. The number of fused-ring (bicyclic) bond motifs is 1. The van der Waals surface area contributed by atoms with Crippen molar-refractivity contribution < 1.29 is 52.4 Å². The maximum Gasteiger partial charge on any atom is 0.359 e. The largest absolute Gasteiger partial charge is 0.469 e. The number of benzene rings is 2. The quantitative estimate of drug-likeness (QED) is 0.177. The number of methoxy groups -OCH3 is 1. The topological polar surface area (TPSA) is 165 Å². The summed E-state index contributed by atoms with van der Waals surface area (Å²) in [6, 6.07) is 10.6. The third-order valence-electron chi connectivity index (χ3n) is 5.96. The van der Waals surface area contributed by atoms with E-state index >= 15 is 0 Å². The lowest BCUT2D eigenvalue weighted by Crippen LogP contribution is -2.47. The van der Waals surface area contributed by atoms with E-state index in [4.69, 9.17) is 23.7 Å². The second kappa shape index (κ2) is 15.8. The predicted molar refractivity (Wildman–Crippen MR) is 145 cm³/mol. The average Bonchev–Trinajstić information content (AvgIpc) is 3.46. The lowest BCUT2D eigenvalue weighted by atomic mass is 10.0. The van der Waals surface area contributed by atoms with Gasteiger partial charge in [0.1, 0.15) is 11.8 Å². The lowest BCUT2D eigenvalue weighted by Gasteiger charge is -2.19. The fourth-order valence-corrected chi connectivity index (χ4v) is 3.86. The first-order valence-electron chi connectivity index (χ1n) is 13.3. The Balaban J connectivity index is 1.69. The van der Waals surface area contributed by atoms with Crippen LogP contribution in [0.5, 0.6) is 17.2 Å². The molecule has 13 nitrogen and oxygen atoms in total. The fourth-order valence-electron chi connectivity index (χ4n) is 3.86. The normalized spacial score (nSPS) is 12.2. The van der Waals surface area contributed by atoms with Gasteiger partial charge >= 0.3 is 17.9 Å². The summed E-state index contributed by atoms with van der Waals surface area (Å²) in [4.78, 5) is 61.6. The third-order valence-corrected chi connectivity index (χ3v) is 5.96. The molecule has 0 aromatic heterocycles. The van der Waals surface area contributed by atoms with Crippen LogP contribution in [-0.4, -0.2) is 69.0 Å². The van der Waals surface area contributed by atoms with Crippen molar-refractivity contribution in [2.75, 3.05) is 27.1 Å². The number of rotatable bonds is 15. The van der Waals surface area contributed by atoms with Crippen LogP contribution in [0.3, 0.4) is 0 Å². The molecule has 0 spiro atoms. The molecular weight excluding hydrogens is 552 g/mol. The zero-order valence-electron chi connectivity index (χ0n) is 23.6. The van der Waals surface area contributed by atoms with E-state index in [2.05, 4.69) is 15.4 Å². The van der Waals surface area contributed by atoms with Crippen LogP contribution in [0.15, 0.2) is 42.5 Å². The van der Waals surface area contributed by atoms with E-state index in [0.29, 0.717) is 17.1 Å². The van der Waals surface area contributed by atoms with Crippen LogP contribution in [0.25, 0.3) is 0 Å². The van der Waals surface area contributed by atoms with Gasteiger partial charge in [-0.2, -0.15) is 0 Å². The highest BCUT2D eigenvalue weighted by atomic mass is 16.7. The molecular formula is C29H34N2O11. The van der Waals surface area contributed by atoms with E-state index in [1.165, 1.54) is 19.2 Å².